The highest BCUT2D eigenvalue weighted by Crippen LogP contribution is 2.41. The Morgan fingerprint density at radius 3 is 2.77 bits per heavy atom. The van der Waals surface area contributed by atoms with E-state index in [2.05, 4.69) is 27.4 Å². The zero-order chi connectivity index (χ0) is 24.2. The van der Waals surface area contributed by atoms with Crippen LogP contribution in [0.5, 0.6) is 0 Å². The van der Waals surface area contributed by atoms with Crippen LogP contribution < -0.4 is 5.32 Å². The molecule has 0 unspecified atom stereocenters. The second kappa shape index (κ2) is 10.9. The van der Waals surface area contributed by atoms with Crippen LogP contribution in [0.2, 0.25) is 0 Å². The van der Waals surface area contributed by atoms with Crippen LogP contribution in [-0.4, -0.2) is 51.7 Å². The second-order valence-electron chi connectivity index (χ2n) is 10.2. The van der Waals surface area contributed by atoms with Crippen LogP contribution in [-0.2, 0) is 16.0 Å². The van der Waals surface area contributed by atoms with Crippen molar-refractivity contribution in [1.29, 1.82) is 0 Å². The van der Waals surface area contributed by atoms with Gasteiger partial charge < -0.3 is 15.2 Å². The molecule has 5 rings (SSSR count). The third-order valence-corrected chi connectivity index (χ3v) is 7.88. The first-order valence-electron chi connectivity index (χ1n) is 13.0. The molecule has 7 nitrogen and oxygen atoms in total. The normalized spacial score (nSPS) is 22.4. The molecule has 1 aliphatic heterocycles. The predicted molar refractivity (Wildman–Crippen MR) is 135 cm³/mol. The molecular formula is C28H36N4O3. The van der Waals surface area contributed by atoms with Crippen molar-refractivity contribution in [1.82, 2.24) is 14.9 Å². The van der Waals surface area contributed by atoms with Crippen molar-refractivity contribution in [3.8, 4) is 0 Å². The zero-order valence-electron chi connectivity index (χ0n) is 20.5. The van der Waals surface area contributed by atoms with Gasteiger partial charge in [0, 0.05) is 47.9 Å². The first kappa shape index (κ1) is 23.9. The molecule has 186 valence electrons. The lowest BCUT2D eigenvalue weighted by molar-refractivity contribution is -0.146. The molecule has 2 aliphatic carbocycles. The Labute approximate surface area is 207 Å². The smallest absolute Gasteiger partial charge is 0.325 e. The average molecular weight is 477 g/mol. The van der Waals surface area contributed by atoms with Crippen molar-refractivity contribution in [2.24, 2.45) is 0 Å². The van der Waals surface area contributed by atoms with Gasteiger partial charge in [0.05, 0.1) is 6.10 Å². The molecule has 7 heteroatoms. The maximum absolute atomic E-state index is 12.3. The number of likely N-dealkylation sites (N-methyl/N-ethyl adjacent to an activating group) is 1. The lowest BCUT2D eigenvalue weighted by atomic mass is 9.79. The largest absolute Gasteiger partial charge is 0.480 e. The summed E-state index contributed by atoms with van der Waals surface area (Å²) in [7, 11) is 1.94. The summed E-state index contributed by atoms with van der Waals surface area (Å²) in [5, 5.41) is 13.5. The minimum Gasteiger partial charge on any atom is -0.480 e. The molecule has 0 spiro atoms. The SMILES string of the molecule is CN(C1CC(OCCCCC2=CCc3cccnc3N2)C1)[C@@H](C(=O)O)c1cccnc1C1CCC1. The number of ether oxygens (including phenoxy) is 1. The molecule has 0 saturated heterocycles. The maximum Gasteiger partial charge on any atom is 0.325 e. The summed E-state index contributed by atoms with van der Waals surface area (Å²) in [5.41, 5.74) is 4.34. The Morgan fingerprint density at radius 1 is 1.20 bits per heavy atom. The third-order valence-electron chi connectivity index (χ3n) is 7.88. The highest BCUT2D eigenvalue weighted by molar-refractivity contribution is 5.76. The molecule has 2 saturated carbocycles. The number of carboxylic acid groups (broad SMARTS) is 1. The highest BCUT2D eigenvalue weighted by Gasteiger charge is 2.40. The van der Waals surface area contributed by atoms with Crippen LogP contribution in [0.1, 0.15) is 80.1 Å². The number of fused-ring (bicyclic) bond motifs is 1. The number of hydrogen-bond acceptors (Lipinski definition) is 6. The van der Waals surface area contributed by atoms with Crippen LogP contribution in [0.4, 0.5) is 5.82 Å². The van der Waals surface area contributed by atoms with Gasteiger partial charge in [-0.3, -0.25) is 14.7 Å². The highest BCUT2D eigenvalue weighted by atomic mass is 16.5. The lowest BCUT2D eigenvalue weighted by Gasteiger charge is -2.43. The molecule has 0 amide bonds. The number of aliphatic carboxylic acids is 1. The van der Waals surface area contributed by atoms with Crippen LogP contribution in [0.3, 0.4) is 0 Å². The monoisotopic (exact) mass is 476 g/mol. The van der Waals surface area contributed by atoms with Gasteiger partial charge in [0.15, 0.2) is 0 Å². The fourth-order valence-electron chi connectivity index (χ4n) is 5.41. The van der Waals surface area contributed by atoms with Gasteiger partial charge in [-0.05, 0) is 76.1 Å². The van der Waals surface area contributed by atoms with Crippen LogP contribution >= 0.6 is 0 Å². The molecule has 2 fully saturated rings. The first-order valence-corrected chi connectivity index (χ1v) is 13.0. The average Bonchev–Trinajstić information content (AvgIpc) is 2.79. The minimum absolute atomic E-state index is 0.222. The number of unbranched alkanes of at least 4 members (excludes halogenated alkanes) is 1. The molecule has 0 bridgehead atoms. The summed E-state index contributed by atoms with van der Waals surface area (Å²) in [6.45, 7) is 0.750. The Kier molecular flexibility index (Phi) is 7.44. The summed E-state index contributed by atoms with van der Waals surface area (Å²) < 4.78 is 6.10. The van der Waals surface area contributed by atoms with E-state index in [1.807, 2.05) is 36.3 Å². The number of carbonyl (C=O) groups is 1. The van der Waals surface area contributed by atoms with Crippen molar-refractivity contribution in [2.75, 3.05) is 19.0 Å². The summed E-state index contributed by atoms with van der Waals surface area (Å²) in [6, 6.07) is 7.48. The summed E-state index contributed by atoms with van der Waals surface area (Å²) >= 11 is 0. The van der Waals surface area contributed by atoms with Gasteiger partial charge in [-0.1, -0.05) is 24.6 Å². The number of rotatable bonds is 11. The van der Waals surface area contributed by atoms with Crippen LogP contribution in [0.25, 0.3) is 0 Å². The van der Waals surface area contributed by atoms with Crippen molar-refractivity contribution in [2.45, 2.75) is 81.9 Å². The Morgan fingerprint density at radius 2 is 2.00 bits per heavy atom. The van der Waals surface area contributed by atoms with Gasteiger partial charge in [0.25, 0.3) is 0 Å². The number of hydrogen-bond donors (Lipinski definition) is 2. The summed E-state index contributed by atoms with van der Waals surface area (Å²) in [5.74, 6) is 0.593. The van der Waals surface area contributed by atoms with E-state index in [0.717, 1.165) is 75.0 Å². The van der Waals surface area contributed by atoms with Crippen molar-refractivity contribution >= 4 is 11.8 Å². The molecule has 2 N–H and O–H groups in total. The first-order chi connectivity index (χ1) is 17.1. The van der Waals surface area contributed by atoms with Gasteiger partial charge in [0.1, 0.15) is 11.9 Å². The number of aromatic nitrogens is 2. The third kappa shape index (κ3) is 5.41. The minimum atomic E-state index is -0.797. The van der Waals surface area contributed by atoms with E-state index >= 15 is 0 Å². The quantitative estimate of drug-likeness (QED) is 0.438. The molecule has 35 heavy (non-hydrogen) atoms. The van der Waals surface area contributed by atoms with Crippen molar-refractivity contribution < 1.29 is 14.6 Å². The number of allylic oxidation sites excluding steroid dienone is 2. The number of anilines is 1. The van der Waals surface area contributed by atoms with Gasteiger partial charge in [-0.2, -0.15) is 0 Å². The topological polar surface area (TPSA) is 87.6 Å². The second-order valence-corrected chi connectivity index (χ2v) is 10.2. The molecule has 1 atom stereocenters. The number of carboxylic acids is 1. The van der Waals surface area contributed by atoms with Gasteiger partial charge in [-0.25, -0.2) is 4.98 Å². The van der Waals surface area contributed by atoms with Gasteiger partial charge >= 0.3 is 5.97 Å². The molecule has 0 radical (unpaired) electrons. The number of pyridine rings is 2. The molecule has 2 aromatic heterocycles. The zero-order valence-corrected chi connectivity index (χ0v) is 20.5. The molecule has 2 aromatic rings. The fraction of sp³-hybridized carbons (Fsp3) is 0.536. The fourth-order valence-corrected chi connectivity index (χ4v) is 5.41. The Bertz CT molecular complexity index is 1060. The molecule has 3 aliphatic rings. The van der Waals surface area contributed by atoms with Crippen molar-refractivity contribution in [3.63, 3.8) is 0 Å². The maximum atomic E-state index is 12.3. The van der Waals surface area contributed by atoms with Crippen molar-refractivity contribution in [3.05, 3.63) is 65.3 Å². The van der Waals surface area contributed by atoms with E-state index in [1.165, 1.54) is 17.7 Å². The van der Waals surface area contributed by atoms with E-state index < -0.39 is 12.0 Å². The van der Waals surface area contributed by atoms with E-state index in [9.17, 15) is 9.90 Å². The molecular weight excluding hydrogens is 440 g/mol. The number of nitrogens with zero attached hydrogens (tertiary/aromatic N) is 3. The Hall–Kier alpha value is -2.77. The summed E-state index contributed by atoms with van der Waals surface area (Å²) in [4.78, 5) is 23.3. The van der Waals surface area contributed by atoms with Crippen LogP contribution in [0, 0.1) is 0 Å². The van der Waals surface area contributed by atoms with Gasteiger partial charge in [0.2, 0.25) is 0 Å². The standard InChI is InChI=1S/C28H36N4O3/c1-32(26(28(33)34)24-11-6-14-29-25(24)19-7-4-8-19)22-17-23(18-22)35-16-3-2-10-21-13-12-20-9-5-15-30-27(20)31-21/h5-6,9,11,13-15,19,22-23,26H,2-4,7-8,10,12,16-18H2,1H3,(H,30,31)(H,33,34)/t22?,23?,26-/m1/s1. The molecule has 0 aromatic carbocycles. The van der Waals surface area contributed by atoms with Crippen LogP contribution in [0.15, 0.2) is 48.4 Å². The lowest BCUT2D eigenvalue weighted by Crippen LogP contribution is -2.49. The number of nitrogens with one attached hydrogen (secondary N) is 1. The van der Waals surface area contributed by atoms with E-state index in [1.54, 1.807) is 6.20 Å². The van der Waals surface area contributed by atoms with E-state index in [4.69, 9.17) is 4.74 Å². The van der Waals surface area contributed by atoms with E-state index in [-0.39, 0.29) is 12.1 Å². The predicted octanol–water partition coefficient (Wildman–Crippen LogP) is 5.07. The molecule has 3 heterocycles. The summed E-state index contributed by atoms with van der Waals surface area (Å²) in [6.07, 6.45) is 15.3. The van der Waals surface area contributed by atoms with Gasteiger partial charge in [-0.15, -0.1) is 0 Å². The Balaban J connectivity index is 1.04. The van der Waals surface area contributed by atoms with E-state index in [0.29, 0.717) is 5.92 Å².